The van der Waals surface area contributed by atoms with Crippen LogP contribution in [0.2, 0.25) is 0 Å². The van der Waals surface area contributed by atoms with Gasteiger partial charge in [-0.2, -0.15) is 5.10 Å². The quantitative estimate of drug-likeness (QED) is 0.577. The zero-order valence-corrected chi connectivity index (χ0v) is 12.5. The number of aryl methyl sites for hydroxylation is 1. The molecule has 0 spiro atoms. The van der Waals surface area contributed by atoms with Crippen molar-refractivity contribution in [3.8, 4) is 22.8 Å². The summed E-state index contributed by atoms with van der Waals surface area (Å²) in [6.45, 7) is 0. The molecule has 23 heavy (non-hydrogen) atoms. The van der Waals surface area contributed by atoms with Crippen LogP contribution in [0.4, 0.5) is 0 Å². The lowest BCUT2D eigenvalue weighted by molar-refractivity contribution is 0.483. The number of benzene rings is 2. The normalized spacial score (nSPS) is 10.8. The van der Waals surface area contributed by atoms with Gasteiger partial charge in [-0.1, -0.05) is 18.2 Å². The average Bonchev–Trinajstić information content (AvgIpc) is 2.94. The minimum absolute atomic E-state index is 0.788. The molecule has 0 bridgehead atoms. The van der Waals surface area contributed by atoms with E-state index in [-0.39, 0.29) is 0 Å². The van der Waals surface area contributed by atoms with Crippen LogP contribution in [0.3, 0.4) is 0 Å². The van der Waals surface area contributed by atoms with Crippen molar-refractivity contribution in [1.29, 1.82) is 0 Å². The molecule has 0 amide bonds. The number of hydrogen-bond donors (Lipinski definition) is 0. The van der Waals surface area contributed by atoms with Crippen LogP contribution < -0.4 is 4.74 Å². The zero-order valence-electron chi connectivity index (χ0n) is 12.5. The number of ether oxygens (including phenoxy) is 1. The van der Waals surface area contributed by atoms with Gasteiger partial charge in [0.05, 0.1) is 5.39 Å². The van der Waals surface area contributed by atoms with Crippen LogP contribution in [-0.4, -0.2) is 19.7 Å². The van der Waals surface area contributed by atoms with Gasteiger partial charge in [0.1, 0.15) is 23.5 Å². The smallest absolute Gasteiger partial charge is 0.161 e. The molecule has 5 heteroatoms. The summed E-state index contributed by atoms with van der Waals surface area (Å²) in [6.07, 6.45) is 3.32. The molecule has 2 heterocycles. The molecule has 0 N–H and O–H groups in total. The van der Waals surface area contributed by atoms with Gasteiger partial charge in [-0.25, -0.2) is 14.6 Å². The average molecular weight is 302 g/mol. The van der Waals surface area contributed by atoms with E-state index in [9.17, 15) is 0 Å². The van der Waals surface area contributed by atoms with Gasteiger partial charge >= 0.3 is 0 Å². The van der Waals surface area contributed by atoms with Crippen molar-refractivity contribution < 1.29 is 4.74 Å². The highest BCUT2D eigenvalue weighted by molar-refractivity contribution is 5.90. The number of fused-ring (bicyclic) bond motifs is 1. The van der Waals surface area contributed by atoms with Gasteiger partial charge in [0, 0.05) is 18.8 Å². The molecule has 0 aliphatic carbocycles. The van der Waals surface area contributed by atoms with Crippen LogP contribution in [0.5, 0.6) is 11.5 Å². The van der Waals surface area contributed by atoms with E-state index >= 15 is 0 Å². The van der Waals surface area contributed by atoms with Gasteiger partial charge in [0.2, 0.25) is 0 Å². The highest BCUT2D eigenvalue weighted by atomic mass is 16.5. The summed E-state index contributed by atoms with van der Waals surface area (Å²) < 4.78 is 7.58. The Hall–Kier alpha value is -3.21. The summed E-state index contributed by atoms with van der Waals surface area (Å²) in [6, 6.07) is 17.6. The fourth-order valence-electron chi connectivity index (χ4n) is 2.52. The first-order valence-corrected chi connectivity index (χ1v) is 7.27. The zero-order chi connectivity index (χ0) is 15.6. The Balaban J connectivity index is 1.67. The van der Waals surface area contributed by atoms with Crippen molar-refractivity contribution >= 4 is 11.0 Å². The van der Waals surface area contributed by atoms with Crippen molar-refractivity contribution in [3.05, 3.63) is 67.1 Å². The number of hydrogen-bond acceptors (Lipinski definition) is 4. The van der Waals surface area contributed by atoms with E-state index in [4.69, 9.17) is 4.74 Å². The third kappa shape index (κ3) is 2.53. The Morgan fingerprint density at radius 2 is 1.65 bits per heavy atom. The van der Waals surface area contributed by atoms with E-state index in [2.05, 4.69) is 15.1 Å². The molecule has 4 aromatic rings. The Labute approximate surface area is 133 Å². The molecule has 0 saturated carbocycles. The van der Waals surface area contributed by atoms with Crippen LogP contribution in [-0.2, 0) is 7.05 Å². The predicted molar refractivity (Wildman–Crippen MR) is 88.3 cm³/mol. The third-order valence-corrected chi connectivity index (χ3v) is 3.61. The Bertz CT molecular complexity index is 946. The van der Waals surface area contributed by atoms with Crippen LogP contribution in [0.15, 0.2) is 67.1 Å². The van der Waals surface area contributed by atoms with Crippen LogP contribution >= 0.6 is 0 Å². The van der Waals surface area contributed by atoms with Crippen molar-refractivity contribution in [1.82, 2.24) is 19.7 Å². The Morgan fingerprint density at radius 3 is 2.43 bits per heavy atom. The molecule has 5 nitrogen and oxygen atoms in total. The molecular formula is C18H14N4O. The van der Waals surface area contributed by atoms with Gasteiger partial charge in [0.15, 0.2) is 5.65 Å². The van der Waals surface area contributed by atoms with Crippen LogP contribution in [0.1, 0.15) is 0 Å². The molecule has 0 radical (unpaired) electrons. The monoisotopic (exact) mass is 302 g/mol. The number of rotatable bonds is 3. The number of nitrogens with zero attached hydrogens (tertiary/aromatic N) is 4. The molecule has 0 atom stereocenters. The topological polar surface area (TPSA) is 52.8 Å². The Morgan fingerprint density at radius 1 is 0.913 bits per heavy atom. The maximum atomic E-state index is 5.81. The van der Waals surface area contributed by atoms with Gasteiger partial charge in [-0.3, -0.25) is 0 Å². The highest BCUT2D eigenvalue weighted by Gasteiger charge is 2.11. The van der Waals surface area contributed by atoms with Gasteiger partial charge in [-0.15, -0.1) is 0 Å². The van der Waals surface area contributed by atoms with Crippen molar-refractivity contribution in [2.45, 2.75) is 0 Å². The molecular weight excluding hydrogens is 288 g/mol. The molecule has 112 valence electrons. The summed E-state index contributed by atoms with van der Waals surface area (Å²) >= 11 is 0. The first kappa shape index (κ1) is 13.5. The molecule has 0 aliphatic rings. The second-order valence-electron chi connectivity index (χ2n) is 5.17. The lowest BCUT2D eigenvalue weighted by atomic mass is 10.1. The fourth-order valence-corrected chi connectivity index (χ4v) is 2.52. The lowest BCUT2D eigenvalue weighted by Crippen LogP contribution is -1.91. The summed E-state index contributed by atoms with van der Waals surface area (Å²) in [5.74, 6) is 1.60. The molecule has 2 aromatic heterocycles. The second kappa shape index (κ2) is 5.53. The van der Waals surface area contributed by atoms with Crippen molar-refractivity contribution in [3.63, 3.8) is 0 Å². The summed E-state index contributed by atoms with van der Waals surface area (Å²) in [7, 11) is 1.88. The van der Waals surface area contributed by atoms with Gasteiger partial charge in [-0.05, 0) is 36.4 Å². The number of aromatic nitrogens is 4. The maximum Gasteiger partial charge on any atom is 0.161 e. The van der Waals surface area contributed by atoms with Gasteiger partial charge < -0.3 is 4.74 Å². The minimum atomic E-state index is 0.788. The summed E-state index contributed by atoms with van der Waals surface area (Å²) in [5, 5.41) is 5.48. The van der Waals surface area contributed by atoms with Crippen LogP contribution in [0, 0.1) is 0 Å². The molecule has 0 fully saturated rings. The molecule has 0 saturated heterocycles. The third-order valence-electron chi connectivity index (χ3n) is 3.61. The first-order valence-electron chi connectivity index (χ1n) is 7.27. The fraction of sp³-hybridized carbons (Fsp3) is 0.0556. The minimum Gasteiger partial charge on any atom is -0.457 e. The van der Waals surface area contributed by atoms with E-state index in [0.29, 0.717) is 0 Å². The first-order chi connectivity index (χ1) is 11.3. The van der Waals surface area contributed by atoms with Crippen molar-refractivity contribution in [2.75, 3.05) is 0 Å². The second-order valence-corrected chi connectivity index (χ2v) is 5.17. The molecule has 0 unspecified atom stereocenters. The van der Waals surface area contributed by atoms with Gasteiger partial charge in [0.25, 0.3) is 0 Å². The number of para-hydroxylation sites is 1. The lowest BCUT2D eigenvalue weighted by Gasteiger charge is -2.06. The molecule has 0 aliphatic heterocycles. The summed E-state index contributed by atoms with van der Waals surface area (Å²) in [5.41, 5.74) is 2.69. The Kier molecular flexibility index (Phi) is 3.24. The highest BCUT2D eigenvalue weighted by Crippen LogP contribution is 2.28. The standard InChI is InChI=1S/C18H14N4O/c1-22-18-16(11-19-12-20-18)17(21-22)13-7-9-15(10-8-13)23-14-5-3-2-4-6-14/h2-12H,1H3. The SMILES string of the molecule is Cn1nc(-c2ccc(Oc3ccccc3)cc2)c2cncnc21. The molecule has 4 rings (SSSR count). The predicted octanol–water partition coefficient (Wildman–Crippen LogP) is 3.82. The van der Waals surface area contributed by atoms with Crippen molar-refractivity contribution in [2.24, 2.45) is 7.05 Å². The molecule has 2 aromatic carbocycles. The van der Waals surface area contributed by atoms with E-state index in [1.807, 2.05) is 61.6 Å². The van der Waals surface area contributed by atoms with E-state index in [0.717, 1.165) is 33.8 Å². The summed E-state index contributed by atoms with van der Waals surface area (Å²) in [4.78, 5) is 8.36. The van der Waals surface area contributed by atoms with E-state index in [1.165, 1.54) is 6.33 Å². The largest absolute Gasteiger partial charge is 0.457 e. The maximum absolute atomic E-state index is 5.81. The van der Waals surface area contributed by atoms with E-state index < -0.39 is 0 Å². The van der Waals surface area contributed by atoms with E-state index in [1.54, 1.807) is 10.9 Å². The van der Waals surface area contributed by atoms with Crippen LogP contribution in [0.25, 0.3) is 22.3 Å².